The molecule has 0 radical (unpaired) electrons. The molecular formula is C14H16Cl2FN3O. The summed E-state index contributed by atoms with van der Waals surface area (Å²) in [5.41, 5.74) is 0.493. The number of nitrogens with zero attached hydrogens (tertiary/aromatic N) is 3. The van der Waals surface area contributed by atoms with Gasteiger partial charge in [0.1, 0.15) is 11.9 Å². The first-order valence-electron chi connectivity index (χ1n) is 6.39. The third-order valence-corrected chi connectivity index (χ3v) is 3.63. The molecule has 1 N–H and O–H groups in total. The third-order valence-electron chi connectivity index (χ3n) is 3.11. The fourth-order valence-corrected chi connectivity index (χ4v) is 2.39. The van der Waals surface area contributed by atoms with Gasteiger partial charge in [-0.05, 0) is 26.2 Å². The first kappa shape index (κ1) is 16.2. The summed E-state index contributed by atoms with van der Waals surface area (Å²) in [5, 5.41) is 15.1. The Morgan fingerprint density at radius 3 is 2.71 bits per heavy atom. The van der Waals surface area contributed by atoms with Crippen LogP contribution in [0.15, 0.2) is 24.4 Å². The minimum absolute atomic E-state index is 0.118. The lowest BCUT2D eigenvalue weighted by Crippen LogP contribution is -2.21. The minimum Gasteiger partial charge on any atom is -0.382 e. The smallest absolute Gasteiger partial charge is 0.130 e. The van der Waals surface area contributed by atoms with Gasteiger partial charge in [0.05, 0.1) is 23.5 Å². The summed E-state index contributed by atoms with van der Waals surface area (Å²) in [6.07, 6.45) is 0.253. The summed E-state index contributed by atoms with van der Waals surface area (Å²) in [5.74, 6) is -0.577. The monoisotopic (exact) mass is 331 g/mol. The molecule has 2 rings (SSSR count). The van der Waals surface area contributed by atoms with Crippen LogP contribution in [-0.4, -0.2) is 40.4 Å². The van der Waals surface area contributed by atoms with E-state index in [1.54, 1.807) is 4.68 Å². The number of rotatable bonds is 5. The van der Waals surface area contributed by atoms with Crippen LogP contribution in [0.4, 0.5) is 4.39 Å². The average Bonchev–Trinajstić information content (AvgIpc) is 2.77. The molecule has 1 atom stereocenters. The van der Waals surface area contributed by atoms with Gasteiger partial charge in [-0.1, -0.05) is 29.3 Å². The van der Waals surface area contributed by atoms with Crippen molar-refractivity contribution >= 4 is 23.2 Å². The lowest BCUT2D eigenvalue weighted by molar-refractivity contribution is 0.201. The number of aliphatic hydroxyl groups excluding tert-OH is 1. The molecule has 1 unspecified atom stereocenters. The Kier molecular flexibility index (Phi) is 5.22. The van der Waals surface area contributed by atoms with Gasteiger partial charge in [-0.25, -0.2) is 4.39 Å². The van der Waals surface area contributed by atoms with Gasteiger partial charge in [-0.15, -0.1) is 0 Å². The normalized spacial score (nSPS) is 12.9. The highest BCUT2D eigenvalue weighted by atomic mass is 35.5. The Morgan fingerprint density at radius 1 is 1.38 bits per heavy atom. The van der Waals surface area contributed by atoms with Crippen molar-refractivity contribution in [2.24, 2.45) is 0 Å². The summed E-state index contributed by atoms with van der Waals surface area (Å²) in [4.78, 5) is 1.98. The average molecular weight is 332 g/mol. The van der Waals surface area contributed by atoms with Crippen LogP contribution in [0.5, 0.6) is 0 Å². The summed E-state index contributed by atoms with van der Waals surface area (Å²) in [7, 11) is 3.86. The van der Waals surface area contributed by atoms with E-state index in [4.69, 9.17) is 23.2 Å². The van der Waals surface area contributed by atoms with Gasteiger partial charge in [0, 0.05) is 17.1 Å². The molecule has 0 saturated carbocycles. The van der Waals surface area contributed by atoms with Crippen molar-refractivity contribution in [3.63, 3.8) is 0 Å². The first-order chi connectivity index (χ1) is 9.90. The highest BCUT2D eigenvalue weighted by Gasteiger charge is 2.22. The lowest BCUT2D eigenvalue weighted by Gasteiger charge is -2.17. The van der Waals surface area contributed by atoms with Crippen LogP contribution in [0.3, 0.4) is 0 Å². The fraction of sp³-hybridized carbons (Fsp3) is 0.357. The van der Waals surface area contributed by atoms with E-state index >= 15 is 0 Å². The van der Waals surface area contributed by atoms with Crippen LogP contribution >= 0.6 is 23.2 Å². The number of likely N-dealkylation sites (N-methyl/N-ethyl adjacent to an activating group) is 1. The Balaban J connectivity index is 2.34. The number of halogens is 3. The molecule has 0 fully saturated rings. The van der Waals surface area contributed by atoms with Crippen LogP contribution < -0.4 is 0 Å². The van der Waals surface area contributed by atoms with Crippen LogP contribution in [0.2, 0.25) is 10.0 Å². The maximum absolute atomic E-state index is 13.9. The molecule has 0 amide bonds. The minimum atomic E-state index is -1.19. The fourth-order valence-electron chi connectivity index (χ4n) is 1.99. The molecule has 4 nitrogen and oxygen atoms in total. The first-order valence-corrected chi connectivity index (χ1v) is 7.14. The van der Waals surface area contributed by atoms with E-state index < -0.39 is 11.9 Å². The Bertz CT molecular complexity index is 631. The van der Waals surface area contributed by atoms with E-state index in [0.29, 0.717) is 17.3 Å². The highest BCUT2D eigenvalue weighted by Crippen LogP contribution is 2.30. The van der Waals surface area contributed by atoms with Gasteiger partial charge in [-0.2, -0.15) is 5.10 Å². The second-order valence-corrected chi connectivity index (χ2v) is 5.82. The van der Waals surface area contributed by atoms with Gasteiger partial charge < -0.3 is 10.0 Å². The number of aromatic nitrogens is 2. The molecule has 0 aliphatic heterocycles. The molecule has 0 aliphatic rings. The van der Waals surface area contributed by atoms with Crippen LogP contribution in [0.1, 0.15) is 17.4 Å². The molecule has 0 bridgehead atoms. The van der Waals surface area contributed by atoms with E-state index in [-0.39, 0.29) is 10.6 Å². The van der Waals surface area contributed by atoms with Gasteiger partial charge in [0.15, 0.2) is 0 Å². The third kappa shape index (κ3) is 3.74. The molecule has 2 aromatic rings. The maximum Gasteiger partial charge on any atom is 0.130 e. The van der Waals surface area contributed by atoms with E-state index in [1.807, 2.05) is 19.0 Å². The molecule has 21 heavy (non-hydrogen) atoms. The van der Waals surface area contributed by atoms with Crippen molar-refractivity contribution in [2.75, 3.05) is 20.6 Å². The van der Waals surface area contributed by atoms with E-state index in [2.05, 4.69) is 5.10 Å². The SMILES string of the molecule is CN(C)CCn1ncc(Cl)c1C(O)c1ccc(Cl)cc1F. The Labute approximate surface area is 132 Å². The molecule has 114 valence electrons. The zero-order valence-electron chi connectivity index (χ0n) is 11.7. The maximum atomic E-state index is 13.9. The predicted molar refractivity (Wildman–Crippen MR) is 81.3 cm³/mol. The summed E-state index contributed by atoms with van der Waals surface area (Å²) < 4.78 is 15.5. The van der Waals surface area contributed by atoms with E-state index in [1.165, 1.54) is 18.3 Å². The topological polar surface area (TPSA) is 41.3 Å². The van der Waals surface area contributed by atoms with Gasteiger partial charge in [0.2, 0.25) is 0 Å². The van der Waals surface area contributed by atoms with Gasteiger partial charge in [0.25, 0.3) is 0 Å². The molecule has 1 aromatic heterocycles. The highest BCUT2D eigenvalue weighted by molar-refractivity contribution is 6.31. The zero-order valence-corrected chi connectivity index (χ0v) is 13.2. The van der Waals surface area contributed by atoms with Crippen molar-refractivity contribution < 1.29 is 9.50 Å². The second-order valence-electron chi connectivity index (χ2n) is 4.97. The van der Waals surface area contributed by atoms with Gasteiger partial charge in [-0.3, -0.25) is 4.68 Å². The molecular weight excluding hydrogens is 316 g/mol. The summed E-state index contributed by atoms with van der Waals surface area (Å²) >= 11 is 11.8. The van der Waals surface area contributed by atoms with Gasteiger partial charge >= 0.3 is 0 Å². The molecule has 0 aliphatic carbocycles. The van der Waals surface area contributed by atoms with Crippen LogP contribution in [0, 0.1) is 5.82 Å². The predicted octanol–water partition coefficient (Wildman–Crippen LogP) is 2.97. The quantitative estimate of drug-likeness (QED) is 0.915. The molecule has 1 aromatic carbocycles. The molecule has 1 heterocycles. The Hall–Kier alpha value is -1.14. The van der Waals surface area contributed by atoms with Crippen molar-refractivity contribution in [3.05, 3.63) is 51.5 Å². The molecule has 0 spiro atoms. The van der Waals surface area contributed by atoms with E-state index in [0.717, 1.165) is 12.6 Å². The van der Waals surface area contributed by atoms with Crippen LogP contribution in [-0.2, 0) is 6.54 Å². The van der Waals surface area contributed by atoms with Crippen molar-refractivity contribution in [1.82, 2.24) is 14.7 Å². The number of aliphatic hydroxyl groups is 1. The van der Waals surface area contributed by atoms with E-state index in [9.17, 15) is 9.50 Å². The largest absolute Gasteiger partial charge is 0.382 e. The lowest BCUT2D eigenvalue weighted by atomic mass is 10.1. The van der Waals surface area contributed by atoms with Crippen LogP contribution in [0.25, 0.3) is 0 Å². The Morgan fingerprint density at radius 2 is 2.10 bits per heavy atom. The molecule has 7 heteroatoms. The number of benzene rings is 1. The number of hydrogen-bond acceptors (Lipinski definition) is 3. The number of hydrogen-bond donors (Lipinski definition) is 1. The summed E-state index contributed by atoms with van der Waals surface area (Å²) in [6.45, 7) is 1.27. The summed E-state index contributed by atoms with van der Waals surface area (Å²) in [6, 6.07) is 4.13. The molecule has 0 saturated heterocycles. The second kappa shape index (κ2) is 6.75. The standard InChI is InChI=1S/C14H16Cl2FN3O/c1-19(2)5-6-20-13(11(16)8-18-20)14(21)10-4-3-9(15)7-12(10)17/h3-4,7-8,14,21H,5-6H2,1-2H3. The van der Waals surface area contributed by atoms with Crippen molar-refractivity contribution in [1.29, 1.82) is 0 Å². The van der Waals surface area contributed by atoms with Crippen molar-refractivity contribution in [3.8, 4) is 0 Å². The van der Waals surface area contributed by atoms with Crippen molar-refractivity contribution in [2.45, 2.75) is 12.6 Å². The zero-order chi connectivity index (χ0) is 15.6.